The lowest BCUT2D eigenvalue weighted by molar-refractivity contribution is -0.224. The summed E-state index contributed by atoms with van der Waals surface area (Å²) in [5, 5.41) is 0. The van der Waals surface area contributed by atoms with E-state index < -0.39 is 0 Å². The third-order valence-corrected chi connectivity index (χ3v) is 11.4. The van der Waals surface area contributed by atoms with Crippen molar-refractivity contribution in [1.29, 1.82) is 0 Å². The molecule has 0 aromatic rings. The topological polar surface area (TPSA) is 105 Å². The van der Waals surface area contributed by atoms with Gasteiger partial charge in [0.2, 0.25) is 0 Å². The molecule has 0 N–H and O–H groups in total. The molecule has 0 unspecified atom stereocenters. The maximum absolute atomic E-state index is 12.5. The van der Waals surface area contributed by atoms with Crippen LogP contribution in [0.4, 0.5) is 0 Å². The van der Waals surface area contributed by atoms with Crippen molar-refractivity contribution in [3.05, 3.63) is 0 Å². The highest BCUT2D eigenvalue weighted by molar-refractivity contribution is 5.69. The standard InChI is InChI=1S/C31H48O8/c1-17(8-11-28(35)36-7)23-9-10-24-29-25(16-27(31(23,24)6)39-20(4)34)30(5)13-12-22(37-18(2)32)14-21(30)15-26(29)38-19(3)33/h17,21-27,29H,8-16H2,1-7H3/t17-,21+,22-,23-,24-,25+,26-,27+,29-,30+,31-/m1/s1. The summed E-state index contributed by atoms with van der Waals surface area (Å²) >= 11 is 0. The largest absolute Gasteiger partial charge is 0.469 e. The Hall–Kier alpha value is -2.12. The minimum Gasteiger partial charge on any atom is -0.469 e. The normalized spacial score (nSPS) is 41.7. The SMILES string of the molecule is COC(=O)CC[C@@H](C)[C@H]1CC[C@@H]2[C@H]3[C@H](OC(C)=O)C[C@@H]4C[C@H](OC(C)=O)CC[C@]4(C)[C@H]3C[C@H](OC(C)=O)[C@@]21C. The number of carbonyl (C=O) groups excluding carboxylic acids is 4. The average Bonchev–Trinajstić information content (AvgIpc) is 3.20. The van der Waals surface area contributed by atoms with Crippen molar-refractivity contribution in [1.82, 2.24) is 0 Å². The van der Waals surface area contributed by atoms with Crippen LogP contribution in [0.2, 0.25) is 0 Å². The zero-order valence-electron chi connectivity index (χ0n) is 24.8. The predicted molar refractivity (Wildman–Crippen MR) is 143 cm³/mol. The summed E-state index contributed by atoms with van der Waals surface area (Å²) in [5.74, 6) is 0.438. The highest BCUT2D eigenvalue weighted by atomic mass is 16.6. The van der Waals surface area contributed by atoms with Gasteiger partial charge in [0.25, 0.3) is 0 Å². The summed E-state index contributed by atoms with van der Waals surface area (Å²) in [6.07, 6.45) is 6.53. The summed E-state index contributed by atoms with van der Waals surface area (Å²) in [7, 11) is 1.42. The van der Waals surface area contributed by atoms with Crippen LogP contribution >= 0.6 is 0 Å². The highest BCUT2D eigenvalue weighted by Gasteiger charge is 2.67. The number of esters is 4. The highest BCUT2D eigenvalue weighted by Crippen LogP contribution is 2.69. The Morgan fingerprint density at radius 1 is 0.846 bits per heavy atom. The van der Waals surface area contributed by atoms with Crippen molar-refractivity contribution in [2.75, 3.05) is 7.11 Å². The number of ether oxygens (including phenoxy) is 4. The van der Waals surface area contributed by atoms with Gasteiger partial charge in [-0.15, -0.1) is 0 Å². The second-order valence-corrected chi connectivity index (χ2v) is 13.4. The van der Waals surface area contributed by atoms with Crippen LogP contribution in [0.3, 0.4) is 0 Å². The lowest BCUT2D eigenvalue weighted by Crippen LogP contribution is -2.63. The summed E-state index contributed by atoms with van der Waals surface area (Å²) in [6.45, 7) is 11.3. The molecular weight excluding hydrogens is 500 g/mol. The van der Waals surface area contributed by atoms with E-state index in [1.54, 1.807) is 0 Å². The van der Waals surface area contributed by atoms with Crippen LogP contribution < -0.4 is 0 Å². The third-order valence-electron chi connectivity index (χ3n) is 11.4. The average molecular weight is 549 g/mol. The molecule has 0 amide bonds. The number of carbonyl (C=O) groups is 4. The van der Waals surface area contributed by atoms with Crippen LogP contribution in [0.1, 0.15) is 99.3 Å². The monoisotopic (exact) mass is 548 g/mol. The van der Waals surface area contributed by atoms with Crippen molar-refractivity contribution in [3.63, 3.8) is 0 Å². The van der Waals surface area contributed by atoms with Crippen LogP contribution in [0.15, 0.2) is 0 Å². The molecule has 4 fully saturated rings. The fourth-order valence-corrected chi connectivity index (χ4v) is 9.77. The fraction of sp³-hybridized carbons (Fsp3) is 0.871. The van der Waals surface area contributed by atoms with E-state index in [2.05, 4.69) is 20.8 Å². The van der Waals surface area contributed by atoms with Crippen LogP contribution in [0.5, 0.6) is 0 Å². The number of rotatable bonds is 7. The third kappa shape index (κ3) is 5.58. The van der Waals surface area contributed by atoms with E-state index in [0.717, 1.165) is 51.4 Å². The van der Waals surface area contributed by atoms with Crippen LogP contribution in [-0.4, -0.2) is 49.3 Å². The molecule has 0 bridgehead atoms. The fourth-order valence-electron chi connectivity index (χ4n) is 9.77. The van der Waals surface area contributed by atoms with Gasteiger partial charge < -0.3 is 18.9 Å². The zero-order valence-corrected chi connectivity index (χ0v) is 24.8. The second-order valence-electron chi connectivity index (χ2n) is 13.4. The lowest BCUT2D eigenvalue weighted by Gasteiger charge is -2.64. The molecule has 0 aromatic carbocycles. The lowest BCUT2D eigenvalue weighted by atomic mass is 9.43. The van der Waals surface area contributed by atoms with Crippen molar-refractivity contribution in [2.24, 2.45) is 46.3 Å². The molecule has 0 saturated heterocycles. The van der Waals surface area contributed by atoms with Crippen molar-refractivity contribution in [3.8, 4) is 0 Å². The van der Waals surface area contributed by atoms with E-state index >= 15 is 0 Å². The van der Waals surface area contributed by atoms with Gasteiger partial charge in [0.15, 0.2) is 0 Å². The molecule has 0 radical (unpaired) electrons. The summed E-state index contributed by atoms with van der Waals surface area (Å²) < 4.78 is 22.8. The minimum absolute atomic E-state index is 0.0215. The van der Waals surface area contributed by atoms with Crippen LogP contribution in [0, 0.1) is 46.3 Å². The summed E-state index contributed by atoms with van der Waals surface area (Å²) in [5.41, 5.74) is -0.300. The Bertz CT molecular complexity index is 962. The Morgan fingerprint density at radius 2 is 1.51 bits per heavy atom. The molecule has 4 rings (SSSR count). The van der Waals surface area contributed by atoms with Gasteiger partial charge in [-0.2, -0.15) is 0 Å². The van der Waals surface area contributed by atoms with Gasteiger partial charge in [0.05, 0.1) is 7.11 Å². The van der Waals surface area contributed by atoms with Crippen molar-refractivity contribution >= 4 is 23.9 Å². The summed E-state index contributed by atoms with van der Waals surface area (Å²) in [6, 6.07) is 0. The van der Waals surface area contributed by atoms with Gasteiger partial charge in [0.1, 0.15) is 18.3 Å². The van der Waals surface area contributed by atoms with Crippen LogP contribution in [-0.2, 0) is 38.1 Å². The molecule has 0 aromatic heterocycles. The zero-order chi connectivity index (χ0) is 28.7. The molecule has 0 spiro atoms. The molecule has 8 heteroatoms. The molecule has 0 heterocycles. The first kappa shape index (κ1) is 29.9. The van der Waals surface area contributed by atoms with E-state index in [-0.39, 0.29) is 88.5 Å². The Labute approximate surface area is 233 Å². The van der Waals surface area contributed by atoms with Gasteiger partial charge in [-0.3, -0.25) is 19.2 Å². The van der Waals surface area contributed by atoms with E-state index in [0.29, 0.717) is 6.42 Å². The Morgan fingerprint density at radius 3 is 2.13 bits per heavy atom. The maximum atomic E-state index is 12.5. The van der Waals surface area contributed by atoms with E-state index in [1.165, 1.54) is 27.9 Å². The van der Waals surface area contributed by atoms with Gasteiger partial charge in [-0.25, -0.2) is 0 Å². The number of methoxy groups -OCH3 is 1. The van der Waals surface area contributed by atoms with Crippen LogP contribution in [0.25, 0.3) is 0 Å². The van der Waals surface area contributed by atoms with Gasteiger partial charge >= 0.3 is 23.9 Å². The van der Waals surface area contributed by atoms with E-state index in [1.807, 2.05) is 0 Å². The molecule has 0 aliphatic heterocycles. The van der Waals surface area contributed by atoms with Crippen molar-refractivity contribution < 1.29 is 38.1 Å². The number of hydrogen-bond acceptors (Lipinski definition) is 8. The van der Waals surface area contributed by atoms with Gasteiger partial charge in [-0.1, -0.05) is 20.8 Å². The Balaban J connectivity index is 1.70. The van der Waals surface area contributed by atoms with Gasteiger partial charge in [0, 0.05) is 38.5 Å². The number of fused-ring (bicyclic) bond motifs is 5. The maximum Gasteiger partial charge on any atom is 0.305 e. The first-order valence-electron chi connectivity index (χ1n) is 14.9. The first-order valence-corrected chi connectivity index (χ1v) is 14.9. The van der Waals surface area contributed by atoms with Gasteiger partial charge in [-0.05, 0) is 86.4 Å². The molecule has 8 nitrogen and oxygen atoms in total. The van der Waals surface area contributed by atoms with E-state index in [4.69, 9.17) is 18.9 Å². The van der Waals surface area contributed by atoms with Crippen molar-refractivity contribution in [2.45, 2.75) is 118 Å². The quantitative estimate of drug-likeness (QED) is 0.314. The number of hydrogen-bond donors (Lipinski definition) is 0. The van der Waals surface area contributed by atoms with E-state index in [9.17, 15) is 19.2 Å². The molecule has 39 heavy (non-hydrogen) atoms. The molecule has 4 aliphatic carbocycles. The summed E-state index contributed by atoms with van der Waals surface area (Å²) in [4.78, 5) is 48.5. The minimum atomic E-state index is -0.279. The first-order chi connectivity index (χ1) is 18.3. The molecule has 4 aliphatic rings. The molecule has 4 saturated carbocycles. The predicted octanol–water partition coefficient (Wildman–Crippen LogP) is 5.25. The molecule has 11 atom stereocenters. The molecular formula is C31H48O8. The Kier molecular flexibility index (Phi) is 8.73. The smallest absolute Gasteiger partial charge is 0.305 e. The second kappa shape index (κ2) is 11.4. The molecule has 220 valence electrons.